The molecule has 17 heavy (non-hydrogen) atoms. The quantitative estimate of drug-likeness (QED) is 0.869. The lowest BCUT2D eigenvalue weighted by molar-refractivity contribution is 0.759. The van der Waals surface area contributed by atoms with Gasteiger partial charge in [0.15, 0.2) is 0 Å². The standard InChI is InChI=1S/C13H22N4/c1-8(2)11-15-12(14-4)9(3)13(16-11)17(5)10-6-7-10/h8,10H,6-7H2,1-5H3,(H,14,15,16). The molecule has 1 heterocycles. The van der Waals surface area contributed by atoms with E-state index in [4.69, 9.17) is 4.98 Å². The van der Waals surface area contributed by atoms with Gasteiger partial charge in [-0.15, -0.1) is 0 Å². The zero-order chi connectivity index (χ0) is 12.6. The van der Waals surface area contributed by atoms with Gasteiger partial charge in [0.05, 0.1) is 0 Å². The van der Waals surface area contributed by atoms with Gasteiger partial charge in [-0.2, -0.15) is 0 Å². The third kappa shape index (κ3) is 2.35. The average Bonchev–Trinajstić information content (AvgIpc) is 3.12. The van der Waals surface area contributed by atoms with E-state index >= 15 is 0 Å². The SMILES string of the molecule is CNc1nc(C(C)C)nc(N(C)C2CC2)c1C. The molecule has 0 amide bonds. The van der Waals surface area contributed by atoms with Crippen LogP contribution < -0.4 is 10.2 Å². The van der Waals surface area contributed by atoms with Crippen molar-refractivity contribution in [2.45, 2.75) is 45.6 Å². The molecule has 1 aromatic heterocycles. The largest absolute Gasteiger partial charge is 0.373 e. The van der Waals surface area contributed by atoms with Crippen molar-refractivity contribution >= 4 is 11.6 Å². The number of rotatable bonds is 4. The molecule has 0 atom stereocenters. The van der Waals surface area contributed by atoms with E-state index in [2.05, 4.69) is 43.0 Å². The smallest absolute Gasteiger partial charge is 0.137 e. The van der Waals surface area contributed by atoms with Gasteiger partial charge in [-0.3, -0.25) is 0 Å². The van der Waals surface area contributed by atoms with Crippen molar-refractivity contribution in [3.63, 3.8) is 0 Å². The minimum atomic E-state index is 0.356. The van der Waals surface area contributed by atoms with Crippen molar-refractivity contribution in [3.05, 3.63) is 11.4 Å². The Hall–Kier alpha value is -1.32. The van der Waals surface area contributed by atoms with Crippen molar-refractivity contribution in [1.29, 1.82) is 0 Å². The third-order valence-electron chi connectivity index (χ3n) is 3.32. The summed E-state index contributed by atoms with van der Waals surface area (Å²) in [6.45, 7) is 6.35. The highest BCUT2D eigenvalue weighted by atomic mass is 15.2. The molecule has 0 unspecified atom stereocenters. The highest BCUT2D eigenvalue weighted by molar-refractivity contribution is 5.59. The maximum absolute atomic E-state index is 4.72. The van der Waals surface area contributed by atoms with Crippen LogP contribution in [0.4, 0.5) is 11.6 Å². The third-order valence-corrected chi connectivity index (χ3v) is 3.32. The van der Waals surface area contributed by atoms with Crippen LogP contribution in [0.25, 0.3) is 0 Å². The lowest BCUT2D eigenvalue weighted by Gasteiger charge is -2.22. The summed E-state index contributed by atoms with van der Waals surface area (Å²) in [4.78, 5) is 11.6. The summed E-state index contributed by atoms with van der Waals surface area (Å²) in [7, 11) is 4.05. The second-order valence-electron chi connectivity index (χ2n) is 5.13. The summed E-state index contributed by atoms with van der Waals surface area (Å²) in [5.74, 6) is 3.30. The molecule has 0 aromatic carbocycles. The Morgan fingerprint density at radius 2 is 1.94 bits per heavy atom. The van der Waals surface area contributed by atoms with Crippen LogP contribution in [0.2, 0.25) is 0 Å². The van der Waals surface area contributed by atoms with Gasteiger partial charge in [0.25, 0.3) is 0 Å². The minimum Gasteiger partial charge on any atom is -0.373 e. The van der Waals surface area contributed by atoms with Crippen LogP contribution in [0.1, 0.15) is 44.0 Å². The predicted octanol–water partition coefficient (Wildman–Crippen LogP) is 2.55. The summed E-state index contributed by atoms with van der Waals surface area (Å²) in [5, 5.41) is 3.17. The molecule has 0 saturated heterocycles. The molecule has 1 N–H and O–H groups in total. The van der Waals surface area contributed by atoms with E-state index < -0.39 is 0 Å². The minimum absolute atomic E-state index is 0.356. The van der Waals surface area contributed by atoms with Gasteiger partial charge < -0.3 is 10.2 Å². The van der Waals surface area contributed by atoms with Crippen LogP contribution in [-0.4, -0.2) is 30.1 Å². The lowest BCUT2D eigenvalue weighted by Crippen LogP contribution is -2.23. The Bertz CT molecular complexity index is 410. The van der Waals surface area contributed by atoms with Crippen LogP contribution >= 0.6 is 0 Å². The maximum Gasteiger partial charge on any atom is 0.137 e. The summed E-state index contributed by atoms with van der Waals surface area (Å²) in [6.07, 6.45) is 2.57. The molecule has 0 aliphatic heterocycles. The van der Waals surface area contributed by atoms with Crippen molar-refractivity contribution in [2.75, 3.05) is 24.3 Å². The van der Waals surface area contributed by atoms with Crippen molar-refractivity contribution in [2.24, 2.45) is 0 Å². The van der Waals surface area contributed by atoms with E-state index in [0.29, 0.717) is 12.0 Å². The number of aromatic nitrogens is 2. The Kier molecular flexibility index (Phi) is 3.22. The fourth-order valence-corrected chi connectivity index (χ4v) is 2.00. The molecule has 0 bridgehead atoms. The van der Waals surface area contributed by atoms with E-state index in [1.807, 2.05) is 7.05 Å². The topological polar surface area (TPSA) is 41.1 Å². The number of hydrogen-bond acceptors (Lipinski definition) is 4. The van der Waals surface area contributed by atoms with E-state index in [0.717, 1.165) is 23.0 Å². The Labute approximate surface area is 103 Å². The molecule has 1 saturated carbocycles. The molecule has 4 heteroatoms. The highest BCUT2D eigenvalue weighted by Gasteiger charge is 2.29. The molecular weight excluding hydrogens is 212 g/mol. The molecule has 1 aliphatic carbocycles. The van der Waals surface area contributed by atoms with Crippen molar-refractivity contribution in [3.8, 4) is 0 Å². The van der Waals surface area contributed by atoms with Crippen LogP contribution in [0, 0.1) is 6.92 Å². The first-order valence-electron chi connectivity index (χ1n) is 6.33. The first kappa shape index (κ1) is 12.1. The molecular formula is C13H22N4. The van der Waals surface area contributed by atoms with Gasteiger partial charge in [-0.25, -0.2) is 9.97 Å². The molecule has 0 radical (unpaired) electrons. The van der Waals surface area contributed by atoms with Gasteiger partial charge in [0.1, 0.15) is 17.5 Å². The molecule has 1 aliphatic rings. The summed E-state index contributed by atoms with van der Waals surface area (Å²) < 4.78 is 0. The monoisotopic (exact) mass is 234 g/mol. The second kappa shape index (κ2) is 4.51. The number of nitrogens with zero attached hydrogens (tertiary/aromatic N) is 3. The van der Waals surface area contributed by atoms with Gasteiger partial charge in [-0.05, 0) is 19.8 Å². The molecule has 0 spiro atoms. The summed E-state index contributed by atoms with van der Waals surface area (Å²) >= 11 is 0. The fraction of sp³-hybridized carbons (Fsp3) is 0.692. The van der Waals surface area contributed by atoms with Gasteiger partial charge in [-0.1, -0.05) is 13.8 Å². The van der Waals surface area contributed by atoms with Crippen LogP contribution in [0.15, 0.2) is 0 Å². The van der Waals surface area contributed by atoms with Crippen LogP contribution in [-0.2, 0) is 0 Å². The summed E-state index contributed by atoms with van der Waals surface area (Å²) in [5.41, 5.74) is 1.14. The Morgan fingerprint density at radius 1 is 1.29 bits per heavy atom. The molecule has 1 aromatic rings. The molecule has 1 fully saturated rings. The number of anilines is 2. The number of hydrogen-bond donors (Lipinski definition) is 1. The van der Waals surface area contributed by atoms with Crippen molar-refractivity contribution in [1.82, 2.24) is 9.97 Å². The van der Waals surface area contributed by atoms with E-state index in [1.165, 1.54) is 12.8 Å². The lowest BCUT2D eigenvalue weighted by atomic mass is 10.2. The average molecular weight is 234 g/mol. The van der Waals surface area contributed by atoms with Gasteiger partial charge in [0, 0.05) is 31.6 Å². The van der Waals surface area contributed by atoms with Gasteiger partial charge >= 0.3 is 0 Å². The highest BCUT2D eigenvalue weighted by Crippen LogP contribution is 2.33. The first-order chi connectivity index (χ1) is 8.04. The molecule has 2 rings (SSSR count). The fourth-order valence-electron chi connectivity index (χ4n) is 2.00. The van der Waals surface area contributed by atoms with E-state index in [1.54, 1.807) is 0 Å². The predicted molar refractivity (Wildman–Crippen MR) is 71.8 cm³/mol. The zero-order valence-corrected chi connectivity index (χ0v) is 11.4. The number of nitrogens with one attached hydrogen (secondary N) is 1. The summed E-state index contributed by atoms with van der Waals surface area (Å²) in [6, 6.07) is 0.674. The molecule has 94 valence electrons. The van der Waals surface area contributed by atoms with E-state index in [-0.39, 0.29) is 0 Å². The van der Waals surface area contributed by atoms with Crippen LogP contribution in [0.5, 0.6) is 0 Å². The Balaban J connectivity index is 2.44. The normalized spacial score (nSPS) is 15.2. The maximum atomic E-state index is 4.72. The van der Waals surface area contributed by atoms with E-state index in [9.17, 15) is 0 Å². The second-order valence-corrected chi connectivity index (χ2v) is 5.13. The van der Waals surface area contributed by atoms with Crippen LogP contribution in [0.3, 0.4) is 0 Å². The Morgan fingerprint density at radius 3 is 2.41 bits per heavy atom. The van der Waals surface area contributed by atoms with Crippen molar-refractivity contribution < 1.29 is 0 Å². The zero-order valence-electron chi connectivity index (χ0n) is 11.4. The van der Waals surface area contributed by atoms with Gasteiger partial charge in [0.2, 0.25) is 0 Å². The molecule has 4 nitrogen and oxygen atoms in total. The first-order valence-corrected chi connectivity index (χ1v) is 6.33.